The van der Waals surface area contributed by atoms with E-state index in [1.165, 1.54) is 10.4 Å². The molecule has 1 unspecified atom stereocenters. The Morgan fingerprint density at radius 3 is 2.78 bits per heavy atom. The van der Waals surface area contributed by atoms with Crippen LogP contribution in [0.1, 0.15) is 10.5 Å². The molecule has 1 atom stereocenters. The first-order valence-electron chi connectivity index (χ1n) is 8.09. The molecule has 0 aliphatic rings. The summed E-state index contributed by atoms with van der Waals surface area (Å²) in [6, 6.07) is 10.1. The van der Waals surface area contributed by atoms with E-state index in [1.54, 1.807) is 50.7 Å². The molecule has 0 radical (unpaired) electrons. The lowest BCUT2D eigenvalue weighted by atomic mass is 10.2. The number of anilines is 1. The molecule has 0 fully saturated rings. The molecule has 0 saturated heterocycles. The molecular formula is C18H19N3O5S. The maximum atomic E-state index is 12.9. The highest BCUT2D eigenvalue weighted by atomic mass is 32.2. The first-order chi connectivity index (χ1) is 13.0. The summed E-state index contributed by atoms with van der Waals surface area (Å²) in [6.45, 7) is 0.751. The van der Waals surface area contributed by atoms with E-state index in [9.17, 15) is 14.1 Å². The van der Waals surface area contributed by atoms with Gasteiger partial charge in [-0.25, -0.2) is 14.0 Å². The van der Waals surface area contributed by atoms with Gasteiger partial charge < -0.3 is 19.6 Å². The standard InChI is InChI=1S/C18H19N3O5S/c1-21(27(24)16-5-3-4-6-19-16)15-11-13(26-8-7-25-2)9-12-10-14(18(22)23)20-17(12)15/h3-6,9-11,20H,7-8H2,1-2H3,(H,22,23). The third kappa shape index (κ3) is 4.09. The van der Waals surface area contributed by atoms with Crippen LogP contribution in [0.3, 0.4) is 0 Å². The first-order valence-corrected chi connectivity index (χ1v) is 9.20. The third-order valence-corrected chi connectivity index (χ3v) is 5.17. The van der Waals surface area contributed by atoms with Crippen LogP contribution in [0, 0.1) is 0 Å². The average molecular weight is 389 g/mol. The molecule has 0 bridgehead atoms. The third-order valence-electron chi connectivity index (χ3n) is 3.87. The highest BCUT2D eigenvalue weighted by Gasteiger charge is 2.19. The Morgan fingerprint density at radius 2 is 2.11 bits per heavy atom. The molecule has 0 aliphatic carbocycles. The zero-order valence-electron chi connectivity index (χ0n) is 14.8. The maximum absolute atomic E-state index is 12.9. The Hall–Kier alpha value is -2.91. The molecule has 3 aromatic rings. The number of carboxylic acids is 1. The van der Waals surface area contributed by atoms with E-state index in [0.29, 0.717) is 40.6 Å². The summed E-state index contributed by atoms with van der Waals surface area (Å²) in [6.07, 6.45) is 1.57. The van der Waals surface area contributed by atoms with Crippen LogP contribution >= 0.6 is 0 Å². The number of rotatable bonds is 8. The number of benzene rings is 1. The summed E-state index contributed by atoms with van der Waals surface area (Å²) in [5.41, 5.74) is 1.13. The second kappa shape index (κ2) is 8.19. The maximum Gasteiger partial charge on any atom is 0.352 e. The summed E-state index contributed by atoms with van der Waals surface area (Å²) in [4.78, 5) is 18.3. The number of aromatic carboxylic acids is 1. The van der Waals surface area contributed by atoms with Gasteiger partial charge in [-0.3, -0.25) is 4.31 Å². The highest BCUT2D eigenvalue weighted by molar-refractivity contribution is 7.86. The number of fused-ring (bicyclic) bond motifs is 1. The van der Waals surface area contributed by atoms with Crippen molar-refractivity contribution >= 4 is 33.5 Å². The van der Waals surface area contributed by atoms with Crippen LogP contribution in [-0.2, 0) is 15.7 Å². The summed E-state index contributed by atoms with van der Waals surface area (Å²) in [5.74, 6) is -0.553. The normalized spacial score (nSPS) is 12.1. The number of carbonyl (C=O) groups is 1. The van der Waals surface area contributed by atoms with Gasteiger partial charge in [0.05, 0.1) is 17.8 Å². The second-order valence-electron chi connectivity index (χ2n) is 5.65. The van der Waals surface area contributed by atoms with Crippen LogP contribution in [0.15, 0.2) is 47.6 Å². The van der Waals surface area contributed by atoms with Crippen molar-refractivity contribution in [2.24, 2.45) is 0 Å². The molecule has 0 saturated carbocycles. The average Bonchev–Trinajstić information content (AvgIpc) is 3.11. The summed E-state index contributed by atoms with van der Waals surface area (Å²) < 4.78 is 25.1. The van der Waals surface area contributed by atoms with Crippen LogP contribution in [0.5, 0.6) is 5.75 Å². The van der Waals surface area contributed by atoms with Crippen molar-refractivity contribution in [3.05, 3.63) is 48.3 Å². The van der Waals surface area contributed by atoms with Gasteiger partial charge in [0.25, 0.3) is 0 Å². The largest absolute Gasteiger partial charge is 0.491 e. The van der Waals surface area contributed by atoms with Gasteiger partial charge in [0.2, 0.25) is 0 Å². The number of ether oxygens (including phenoxy) is 2. The number of aromatic nitrogens is 2. The lowest BCUT2D eigenvalue weighted by Gasteiger charge is -2.19. The highest BCUT2D eigenvalue weighted by Crippen LogP contribution is 2.33. The lowest BCUT2D eigenvalue weighted by molar-refractivity contribution is 0.0691. The molecule has 0 spiro atoms. The molecule has 9 heteroatoms. The Morgan fingerprint density at radius 1 is 1.30 bits per heavy atom. The number of hydrogen-bond acceptors (Lipinski definition) is 5. The molecule has 3 rings (SSSR count). The summed E-state index contributed by atoms with van der Waals surface area (Å²) in [5, 5.41) is 10.3. The van der Waals surface area contributed by atoms with Crippen molar-refractivity contribution < 1.29 is 23.6 Å². The van der Waals surface area contributed by atoms with Gasteiger partial charge in [0.1, 0.15) is 23.1 Å². The number of hydrogen-bond donors (Lipinski definition) is 2. The van der Waals surface area contributed by atoms with Crippen molar-refractivity contribution in [2.75, 3.05) is 31.7 Å². The number of aromatic amines is 1. The van der Waals surface area contributed by atoms with Crippen LogP contribution in [-0.4, -0.2) is 52.6 Å². The van der Waals surface area contributed by atoms with E-state index < -0.39 is 17.0 Å². The first kappa shape index (κ1) is 18.9. The van der Waals surface area contributed by atoms with Gasteiger partial charge in [-0.2, -0.15) is 0 Å². The van der Waals surface area contributed by atoms with Crippen molar-refractivity contribution in [3.63, 3.8) is 0 Å². The number of nitrogens with zero attached hydrogens (tertiary/aromatic N) is 2. The predicted molar refractivity (Wildman–Crippen MR) is 102 cm³/mol. The van der Waals surface area contributed by atoms with E-state index in [-0.39, 0.29) is 5.69 Å². The number of H-pyrrole nitrogens is 1. The monoisotopic (exact) mass is 389 g/mol. The van der Waals surface area contributed by atoms with E-state index in [4.69, 9.17) is 9.47 Å². The minimum absolute atomic E-state index is 0.0392. The molecule has 0 aliphatic heterocycles. The van der Waals surface area contributed by atoms with E-state index in [1.807, 2.05) is 0 Å². The van der Waals surface area contributed by atoms with Gasteiger partial charge in [-0.05, 0) is 24.3 Å². The van der Waals surface area contributed by atoms with Gasteiger partial charge in [0.15, 0.2) is 11.0 Å². The van der Waals surface area contributed by atoms with Gasteiger partial charge in [0, 0.05) is 31.8 Å². The fraction of sp³-hybridized carbons (Fsp3) is 0.222. The van der Waals surface area contributed by atoms with Gasteiger partial charge in [-0.15, -0.1) is 0 Å². The van der Waals surface area contributed by atoms with E-state index in [0.717, 1.165) is 0 Å². The molecule has 2 aromatic heterocycles. The van der Waals surface area contributed by atoms with Crippen LogP contribution in [0.2, 0.25) is 0 Å². The smallest absolute Gasteiger partial charge is 0.352 e. The summed E-state index contributed by atoms with van der Waals surface area (Å²) >= 11 is 0. The fourth-order valence-corrected chi connectivity index (χ4v) is 3.52. The molecule has 1 aromatic carbocycles. The molecule has 0 amide bonds. The van der Waals surface area contributed by atoms with Crippen LogP contribution < -0.4 is 9.04 Å². The second-order valence-corrected chi connectivity index (χ2v) is 7.11. The Balaban J connectivity index is 2.05. The number of carboxylic acid groups (broad SMARTS) is 1. The van der Waals surface area contributed by atoms with Gasteiger partial charge >= 0.3 is 5.97 Å². The zero-order chi connectivity index (χ0) is 19.4. The Bertz CT molecular complexity index is 974. The molecule has 2 heterocycles. The van der Waals surface area contributed by atoms with Gasteiger partial charge in [-0.1, -0.05) is 6.07 Å². The van der Waals surface area contributed by atoms with Crippen molar-refractivity contribution in [1.82, 2.24) is 9.97 Å². The number of methoxy groups -OCH3 is 1. The zero-order valence-corrected chi connectivity index (χ0v) is 15.7. The molecule has 2 N–H and O–H groups in total. The van der Waals surface area contributed by atoms with E-state index >= 15 is 0 Å². The molecule has 8 nitrogen and oxygen atoms in total. The fourth-order valence-electron chi connectivity index (χ4n) is 2.57. The summed E-state index contributed by atoms with van der Waals surface area (Å²) in [7, 11) is 1.65. The lowest BCUT2D eigenvalue weighted by Crippen LogP contribution is -2.21. The van der Waals surface area contributed by atoms with E-state index in [2.05, 4.69) is 9.97 Å². The minimum atomic E-state index is -1.58. The Labute approximate surface area is 158 Å². The molecular weight excluding hydrogens is 370 g/mol. The van der Waals surface area contributed by atoms with Crippen molar-refractivity contribution in [1.29, 1.82) is 0 Å². The molecule has 27 heavy (non-hydrogen) atoms. The Kier molecular flexibility index (Phi) is 5.72. The van der Waals surface area contributed by atoms with Crippen LogP contribution in [0.25, 0.3) is 10.9 Å². The van der Waals surface area contributed by atoms with Crippen molar-refractivity contribution in [2.45, 2.75) is 5.03 Å². The number of nitrogens with one attached hydrogen (secondary N) is 1. The quantitative estimate of drug-likeness (QED) is 0.574. The topological polar surface area (TPSA) is 105 Å². The van der Waals surface area contributed by atoms with Crippen molar-refractivity contribution in [3.8, 4) is 5.75 Å². The number of pyridine rings is 1. The SMILES string of the molecule is COCCOc1cc(N(C)S(=O)c2ccccn2)c2[nH]c(C(=O)O)cc2c1. The predicted octanol–water partition coefficient (Wildman–Crippen LogP) is 2.45. The minimum Gasteiger partial charge on any atom is -0.491 e. The van der Waals surface area contributed by atoms with Crippen LogP contribution in [0.4, 0.5) is 5.69 Å². The molecule has 142 valence electrons.